The molecule has 1 heterocycles. The summed E-state index contributed by atoms with van der Waals surface area (Å²) in [5, 5.41) is 12.9. The van der Waals surface area contributed by atoms with E-state index in [1.165, 1.54) is 0 Å². The van der Waals surface area contributed by atoms with Crippen molar-refractivity contribution in [2.75, 3.05) is 13.1 Å². The van der Waals surface area contributed by atoms with Crippen molar-refractivity contribution in [2.45, 2.75) is 38.0 Å². The van der Waals surface area contributed by atoms with Crippen LogP contribution in [0.3, 0.4) is 0 Å². The number of piperidine rings is 1. The van der Waals surface area contributed by atoms with Crippen LogP contribution in [0.5, 0.6) is 0 Å². The lowest BCUT2D eigenvalue weighted by Gasteiger charge is -2.34. The second-order valence-electron chi connectivity index (χ2n) is 6.71. The number of amides is 1. The lowest BCUT2D eigenvalue weighted by atomic mass is 9.98. The van der Waals surface area contributed by atoms with Crippen LogP contribution < -0.4 is 5.32 Å². The number of nitrogens with zero attached hydrogens (tertiary/aromatic N) is 1. The summed E-state index contributed by atoms with van der Waals surface area (Å²) < 4.78 is 0. The number of carbonyl (C=O) groups excluding carboxylic acids is 1. The molecule has 1 amide bonds. The smallest absolute Gasteiger partial charge is 0.237 e. The standard InChI is InChI=1S/C21H26N2O2/c1-16(23-14-12-19(24)13-15-23)21(25)22-20(17-8-4-2-5-9-17)18-10-6-3-7-11-18/h2-11,16,19-20,24H,12-15H2,1H3,(H,22,25). The Balaban J connectivity index is 1.75. The maximum Gasteiger partial charge on any atom is 0.237 e. The fourth-order valence-electron chi connectivity index (χ4n) is 3.35. The van der Waals surface area contributed by atoms with E-state index in [0.717, 1.165) is 37.1 Å². The largest absolute Gasteiger partial charge is 0.393 e. The molecule has 1 unspecified atom stereocenters. The van der Waals surface area contributed by atoms with E-state index >= 15 is 0 Å². The molecular formula is C21H26N2O2. The first-order valence-electron chi connectivity index (χ1n) is 8.97. The second kappa shape index (κ2) is 8.28. The van der Waals surface area contributed by atoms with E-state index in [9.17, 15) is 9.90 Å². The third-order valence-electron chi connectivity index (χ3n) is 4.98. The molecule has 1 atom stereocenters. The van der Waals surface area contributed by atoms with E-state index < -0.39 is 0 Å². The van der Waals surface area contributed by atoms with Crippen molar-refractivity contribution < 1.29 is 9.90 Å². The van der Waals surface area contributed by atoms with Gasteiger partial charge in [0.15, 0.2) is 0 Å². The number of aliphatic hydroxyl groups excluding tert-OH is 1. The van der Waals surface area contributed by atoms with Crippen LogP contribution in [0, 0.1) is 0 Å². The van der Waals surface area contributed by atoms with Crippen molar-refractivity contribution in [1.29, 1.82) is 0 Å². The Morgan fingerprint density at radius 2 is 1.48 bits per heavy atom. The molecule has 4 nitrogen and oxygen atoms in total. The van der Waals surface area contributed by atoms with Gasteiger partial charge in [-0.15, -0.1) is 0 Å². The molecule has 0 aromatic heterocycles. The third kappa shape index (κ3) is 4.47. The van der Waals surface area contributed by atoms with Crippen LogP contribution in [0.4, 0.5) is 0 Å². The number of hydrogen-bond acceptors (Lipinski definition) is 3. The number of hydrogen-bond donors (Lipinski definition) is 2. The van der Waals surface area contributed by atoms with Gasteiger partial charge in [-0.05, 0) is 30.9 Å². The van der Waals surface area contributed by atoms with Crippen LogP contribution >= 0.6 is 0 Å². The van der Waals surface area contributed by atoms with Crippen molar-refractivity contribution in [2.24, 2.45) is 0 Å². The summed E-state index contributed by atoms with van der Waals surface area (Å²) in [6.45, 7) is 3.47. The Hall–Kier alpha value is -2.17. The molecule has 0 spiro atoms. The van der Waals surface area contributed by atoms with Gasteiger partial charge in [0.1, 0.15) is 0 Å². The van der Waals surface area contributed by atoms with Crippen LogP contribution in [0.25, 0.3) is 0 Å². The van der Waals surface area contributed by atoms with Crippen LogP contribution in [0.2, 0.25) is 0 Å². The number of nitrogens with one attached hydrogen (secondary N) is 1. The fourth-order valence-corrected chi connectivity index (χ4v) is 3.35. The van der Waals surface area contributed by atoms with Crippen molar-refractivity contribution in [1.82, 2.24) is 10.2 Å². The predicted molar refractivity (Wildman–Crippen MR) is 99.1 cm³/mol. The molecule has 0 bridgehead atoms. The highest BCUT2D eigenvalue weighted by molar-refractivity contribution is 5.82. The zero-order valence-corrected chi connectivity index (χ0v) is 14.6. The SMILES string of the molecule is CC(C(=O)NC(c1ccccc1)c1ccccc1)N1CCC(O)CC1. The summed E-state index contributed by atoms with van der Waals surface area (Å²) in [5.74, 6) is 0.0223. The number of likely N-dealkylation sites (tertiary alicyclic amines) is 1. The van der Waals surface area contributed by atoms with Gasteiger partial charge in [0, 0.05) is 13.1 Å². The summed E-state index contributed by atoms with van der Waals surface area (Å²) >= 11 is 0. The Morgan fingerprint density at radius 3 is 1.96 bits per heavy atom. The van der Waals surface area contributed by atoms with Crippen molar-refractivity contribution in [3.63, 3.8) is 0 Å². The molecule has 132 valence electrons. The minimum Gasteiger partial charge on any atom is -0.393 e. The number of benzene rings is 2. The highest BCUT2D eigenvalue weighted by Crippen LogP contribution is 2.22. The summed E-state index contributed by atoms with van der Waals surface area (Å²) in [4.78, 5) is 15.0. The second-order valence-corrected chi connectivity index (χ2v) is 6.71. The maximum absolute atomic E-state index is 12.9. The van der Waals surface area contributed by atoms with E-state index in [-0.39, 0.29) is 24.1 Å². The topological polar surface area (TPSA) is 52.6 Å². The molecule has 2 N–H and O–H groups in total. The average molecular weight is 338 g/mol. The maximum atomic E-state index is 12.9. The zero-order valence-electron chi connectivity index (χ0n) is 14.6. The summed E-state index contributed by atoms with van der Waals surface area (Å²) in [6.07, 6.45) is 1.24. The van der Waals surface area contributed by atoms with E-state index in [0.29, 0.717) is 0 Å². The highest BCUT2D eigenvalue weighted by atomic mass is 16.3. The molecule has 0 aliphatic carbocycles. The first kappa shape index (κ1) is 17.6. The van der Waals surface area contributed by atoms with Gasteiger partial charge < -0.3 is 10.4 Å². The zero-order chi connectivity index (χ0) is 17.6. The fraction of sp³-hybridized carbons (Fsp3) is 0.381. The molecular weight excluding hydrogens is 312 g/mol. The van der Waals surface area contributed by atoms with Gasteiger partial charge >= 0.3 is 0 Å². The van der Waals surface area contributed by atoms with Gasteiger partial charge in [-0.2, -0.15) is 0 Å². The van der Waals surface area contributed by atoms with Gasteiger partial charge in [-0.1, -0.05) is 60.7 Å². The minimum absolute atomic E-state index is 0.0223. The Kier molecular flexibility index (Phi) is 5.84. The number of carbonyl (C=O) groups is 1. The van der Waals surface area contributed by atoms with Crippen molar-refractivity contribution in [3.05, 3.63) is 71.8 Å². The van der Waals surface area contributed by atoms with Crippen molar-refractivity contribution in [3.8, 4) is 0 Å². The summed E-state index contributed by atoms with van der Waals surface area (Å²) in [5.41, 5.74) is 2.15. The van der Waals surface area contributed by atoms with Crippen molar-refractivity contribution >= 4 is 5.91 Å². The lowest BCUT2D eigenvalue weighted by Crippen LogP contribution is -2.49. The number of rotatable bonds is 5. The molecule has 1 saturated heterocycles. The lowest BCUT2D eigenvalue weighted by molar-refractivity contribution is -0.127. The quantitative estimate of drug-likeness (QED) is 0.881. The molecule has 1 aliphatic rings. The Bertz CT molecular complexity index is 627. The van der Waals surface area contributed by atoms with Crippen LogP contribution in [0.1, 0.15) is 36.9 Å². The van der Waals surface area contributed by atoms with Crippen LogP contribution in [0.15, 0.2) is 60.7 Å². The van der Waals surface area contributed by atoms with E-state index in [2.05, 4.69) is 10.2 Å². The summed E-state index contributed by atoms with van der Waals surface area (Å²) in [6, 6.07) is 19.7. The Labute approximate surface area is 149 Å². The normalized spacial score (nSPS) is 17.4. The molecule has 0 radical (unpaired) electrons. The van der Waals surface area contributed by atoms with Crippen LogP contribution in [-0.2, 0) is 4.79 Å². The first-order valence-corrected chi connectivity index (χ1v) is 8.97. The predicted octanol–water partition coefficient (Wildman–Crippen LogP) is 2.74. The molecule has 2 aromatic rings. The third-order valence-corrected chi connectivity index (χ3v) is 4.98. The van der Waals surface area contributed by atoms with Gasteiger partial charge in [0.05, 0.1) is 18.2 Å². The molecule has 2 aromatic carbocycles. The number of aliphatic hydroxyl groups is 1. The molecule has 3 rings (SSSR count). The summed E-state index contributed by atoms with van der Waals surface area (Å²) in [7, 11) is 0. The Morgan fingerprint density at radius 1 is 1.00 bits per heavy atom. The average Bonchev–Trinajstić information content (AvgIpc) is 2.67. The van der Waals surface area contributed by atoms with Gasteiger partial charge in [-0.3, -0.25) is 9.69 Å². The van der Waals surface area contributed by atoms with Gasteiger partial charge in [-0.25, -0.2) is 0 Å². The monoisotopic (exact) mass is 338 g/mol. The van der Waals surface area contributed by atoms with E-state index in [4.69, 9.17) is 0 Å². The van der Waals surface area contributed by atoms with Gasteiger partial charge in [0.25, 0.3) is 0 Å². The van der Waals surface area contributed by atoms with E-state index in [1.807, 2.05) is 67.6 Å². The van der Waals surface area contributed by atoms with Crippen LogP contribution in [-0.4, -0.2) is 41.1 Å². The molecule has 1 fully saturated rings. The highest BCUT2D eigenvalue weighted by Gasteiger charge is 2.27. The molecule has 25 heavy (non-hydrogen) atoms. The first-order chi connectivity index (χ1) is 12.1. The minimum atomic E-state index is -0.229. The molecule has 4 heteroatoms. The molecule has 0 saturated carbocycles. The van der Waals surface area contributed by atoms with Gasteiger partial charge in [0.2, 0.25) is 5.91 Å². The molecule has 1 aliphatic heterocycles. The van der Waals surface area contributed by atoms with E-state index in [1.54, 1.807) is 0 Å².